The van der Waals surface area contributed by atoms with E-state index in [9.17, 15) is 4.79 Å². The van der Waals surface area contributed by atoms with E-state index in [1.807, 2.05) is 30.3 Å². The Morgan fingerprint density at radius 3 is 2.67 bits per heavy atom. The number of alkyl carbamates (subject to hydrolysis) is 1. The highest BCUT2D eigenvalue weighted by atomic mass is 32.1. The Hall–Kier alpha value is -0.810. The van der Waals surface area contributed by atoms with Crippen molar-refractivity contribution in [3.8, 4) is 0 Å². The van der Waals surface area contributed by atoms with Crippen molar-refractivity contribution in [3.05, 3.63) is 35.9 Å². The minimum absolute atomic E-state index is 0.264. The molecule has 0 saturated heterocycles. The van der Waals surface area contributed by atoms with Crippen molar-refractivity contribution in [2.45, 2.75) is 12.0 Å². The van der Waals surface area contributed by atoms with Crippen LogP contribution in [0.1, 0.15) is 5.56 Å². The predicted molar refractivity (Wildman–Crippen MR) is 66.4 cm³/mol. The van der Waals surface area contributed by atoms with Gasteiger partial charge in [-0.15, -0.1) is 0 Å². The Bertz CT molecular complexity index is 306. The van der Waals surface area contributed by atoms with Crippen molar-refractivity contribution in [3.63, 3.8) is 0 Å². The summed E-state index contributed by atoms with van der Waals surface area (Å²) < 4.78 is 4.97. The highest BCUT2D eigenvalue weighted by Gasteiger charge is 2.06. The van der Waals surface area contributed by atoms with E-state index < -0.39 is 6.09 Å². The van der Waals surface area contributed by atoms with Gasteiger partial charge in [0.15, 0.2) is 0 Å². The summed E-state index contributed by atoms with van der Waals surface area (Å²) in [5.41, 5.74) is 0.953. The average molecular weight is 243 g/mol. The maximum Gasteiger partial charge on any atom is 0.408 e. The molecular formula is C10H13NO2S2. The maximum absolute atomic E-state index is 11.2. The smallest absolute Gasteiger partial charge is 0.408 e. The fraction of sp³-hybridized carbons (Fsp3) is 0.300. The standard InChI is InChI=1S/C10H13NO2S2/c12-10(11-9(15)7-14)13-6-8-4-2-1-3-5-8/h1-5,9,14-15H,6-7H2,(H,11,12). The van der Waals surface area contributed by atoms with Gasteiger partial charge in [0, 0.05) is 5.75 Å². The van der Waals surface area contributed by atoms with Crippen LogP contribution in [0.2, 0.25) is 0 Å². The van der Waals surface area contributed by atoms with E-state index in [-0.39, 0.29) is 12.0 Å². The molecule has 0 radical (unpaired) electrons. The zero-order chi connectivity index (χ0) is 11.1. The first-order valence-corrected chi connectivity index (χ1v) is 5.63. The molecule has 0 spiro atoms. The number of nitrogens with one attached hydrogen (secondary N) is 1. The van der Waals surface area contributed by atoms with Gasteiger partial charge in [-0.25, -0.2) is 4.79 Å². The first-order chi connectivity index (χ1) is 7.22. The van der Waals surface area contributed by atoms with E-state index in [1.165, 1.54) is 0 Å². The molecule has 82 valence electrons. The third kappa shape index (κ3) is 4.99. The van der Waals surface area contributed by atoms with Crippen LogP contribution in [0.3, 0.4) is 0 Å². The quantitative estimate of drug-likeness (QED) is 0.560. The van der Waals surface area contributed by atoms with Gasteiger partial charge in [0.05, 0.1) is 5.37 Å². The molecule has 0 heterocycles. The number of carbonyl (C=O) groups excluding carboxylic acids is 1. The lowest BCUT2D eigenvalue weighted by molar-refractivity contribution is 0.139. The first-order valence-electron chi connectivity index (χ1n) is 4.48. The third-order valence-corrected chi connectivity index (χ3v) is 2.64. The van der Waals surface area contributed by atoms with E-state index >= 15 is 0 Å². The van der Waals surface area contributed by atoms with Crippen LogP contribution in [-0.2, 0) is 11.3 Å². The summed E-state index contributed by atoms with van der Waals surface area (Å²) in [6.45, 7) is 0.264. The molecule has 0 aliphatic rings. The molecule has 0 saturated carbocycles. The molecule has 1 aromatic rings. The van der Waals surface area contributed by atoms with Gasteiger partial charge in [-0.1, -0.05) is 30.3 Å². The summed E-state index contributed by atoms with van der Waals surface area (Å²) in [7, 11) is 0. The lowest BCUT2D eigenvalue weighted by atomic mass is 10.2. The molecule has 1 atom stereocenters. The molecule has 1 rings (SSSR count). The Morgan fingerprint density at radius 2 is 2.07 bits per heavy atom. The van der Waals surface area contributed by atoms with Crippen LogP contribution in [0.15, 0.2) is 30.3 Å². The third-order valence-electron chi connectivity index (χ3n) is 1.67. The Kier molecular flexibility index (Phi) is 5.42. The van der Waals surface area contributed by atoms with Crippen molar-refractivity contribution in [2.24, 2.45) is 0 Å². The number of thiol groups is 2. The Balaban J connectivity index is 2.29. The summed E-state index contributed by atoms with van der Waals surface area (Å²) in [5.74, 6) is 0.462. The zero-order valence-corrected chi connectivity index (χ0v) is 9.88. The van der Waals surface area contributed by atoms with Gasteiger partial charge in [0.1, 0.15) is 6.61 Å². The van der Waals surface area contributed by atoms with Crippen LogP contribution in [-0.4, -0.2) is 17.2 Å². The number of carbonyl (C=O) groups is 1. The number of amides is 1. The summed E-state index contributed by atoms with van der Waals surface area (Å²) >= 11 is 8.04. The first kappa shape index (κ1) is 12.3. The van der Waals surface area contributed by atoms with Gasteiger partial charge in [-0.3, -0.25) is 0 Å². The molecule has 1 N–H and O–H groups in total. The fourth-order valence-corrected chi connectivity index (χ4v) is 1.14. The minimum atomic E-state index is -0.479. The highest BCUT2D eigenvalue weighted by molar-refractivity contribution is 7.84. The second kappa shape index (κ2) is 6.63. The number of benzene rings is 1. The van der Waals surface area contributed by atoms with Crippen LogP contribution < -0.4 is 5.32 Å². The monoisotopic (exact) mass is 243 g/mol. The van der Waals surface area contributed by atoms with Crippen LogP contribution >= 0.6 is 25.3 Å². The van der Waals surface area contributed by atoms with E-state index in [0.717, 1.165) is 5.56 Å². The van der Waals surface area contributed by atoms with Crippen molar-refractivity contribution < 1.29 is 9.53 Å². The van der Waals surface area contributed by atoms with Gasteiger partial charge in [-0.05, 0) is 5.56 Å². The van der Waals surface area contributed by atoms with E-state index in [4.69, 9.17) is 4.74 Å². The number of hydrogen-bond donors (Lipinski definition) is 3. The molecule has 0 aliphatic carbocycles. The normalized spacial score (nSPS) is 11.9. The van der Waals surface area contributed by atoms with Gasteiger partial charge in [-0.2, -0.15) is 25.3 Å². The molecule has 5 heteroatoms. The molecule has 3 nitrogen and oxygen atoms in total. The molecule has 0 bridgehead atoms. The van der Waals surface area contributed by atoms with Gasteiger partial charge >= 0.3 is 6.09 Å². The SMILES string of the molecule is O=C(NC(S)CS)OCc1ccccc1. The van der Waals surface area contributed by atoms with Crippen molar-refractivity contribution in [2.75, 3.05) is 5.75 Å². The van der Waals surface area contributed by atoms with Crippen LogP contribution in [0, 0.1) is 0 Å². The van der Waals surface area contributed by atoms with Crippen molar-refractivity contribution >= 4 is 31.4 Å². The van der Waals surface area contributed by atoms with Gasteiger partial charge in [0.25, 0.3) is 0 Å². The molecule has 0 aliphatic heterocycles. The summed E-state index contributed by atoms with van der Waals surface area (Å²) in [5, 5.41) is 2.25. The summed E-state index contributed by atoms with van der Waals surface area (Å²) in [6.07, 6.45) is -0.479. The number of rotatable bonds is 4. The van der Waals surface area contributed by atoms with E-state index in [2.05, 4.69) is 30.6 Å². The number of hydrogen-bond acceptors (Lipinski definition) is 4. The number of ether oxygens (including phenoxy) is 1. The van der Waals surface area contributed by atoms with Crippen LogP contribution in [0.25, 0.3) is 0 Å². The summed E-state index contributed by atoms with van der Waals surface area (Å²) in [4.78, 5) is 11.2. The molecule has 1 amide bonds. The zero-order valence-electron chi connectivity index (χ0n) is 8.09. The molecule has 0 fully saturated rings. The minimum Gasteiger partial charge on any atom is -0.445 e. The lowest BCUT2D eigenvalue weighted by Crippen LogP contribution is -2.32. The molecule has 1 unspecified atom stereocenters. The molecule has 15 heavy (non-hydrogen) atoms. The molecule has 1 aromatic carbocycles. The second-order valence-corrected chi connectivity index (χ2v) is 3.89. The average Bonchev–Trinajstić information content (AvgIpc) is 2.27. The lowest BCUT2D eigenvalue weighted by Gasteiger charge is -2.10. The Labute approximate surface area is 100 Å². The van der Waals surface area contributed by atoms with Crippen LogP contribution in [0.4, 0.5) is 4.79 Å². The molecule has 0 aromatic heterocycles. The largest absolute Gasteiger partial charge is 0.445 e. The van der Waals surface area contributed by atoms with Gasteiger partial charge in [0.2, 0.25) is 0 Å². The van der Waals surface area contributed by atoms with E-state index in [1.54, 1.807) is 0 Å². The van der Waals surface area contributed by atoms with Crippen molar-refractivity contribution in [1.29, 1.82) is 0 Å². The van der Waals surface area contributed by atoms with E-state index in [0.29, 0.717) is 5.75 Å². The van der Waals surface area contributed by atoms with Crippen molar-refractivity contribution in [1.82, 2.24) is 5.32 Å². The second-order valence-electron chi connectivity index (χ2n) is 2.90. The fourth-order valence-electron chi connectivity index (χ4n) is 0.946. The molecular weight excluding hydrogens is 230 g/mol. The van der Waals surface area contributed by atoms with Crippen LogP contribution in [0.5, 0.6) is 0 Å². The predicted octanol–water partition coefficient (Wildman–Crippen LogP) is 2.10. The summed E-state index contributed by atoms with van der Waals surface area (Å²) in [6, 6.07) is 9.49. The Morgan fingerprint density at radius 1 is 1.40 bits per heavy atom. The highest BCUT2D eigenvalue weighted by Crippen LogP contribution is 2.01. The topological polar surface area (TPSA) is 38.3 Å². The maximum atomic E-state index is 11.2. The van der Waals surface area contributed by atoms with Gasteiger partial charge < -0.3 is 10.1 Å².